The monoisotopic (exact) mass is 445 g/mol. The standard InChI is InChI=1S/C19H12ClN3O4S2/c20-13-6-8-14(9-7-13)29(25,26)16-11-10-15(27-16)18(24)22-19-21-17(23-28-19)12-4-2-1-3-5-12/h1-11H,(H,21,22,23,24). The highest BCUT2D eigenvalue weighted by Crippen LogP contribution is 2.25. The highest BCUT2D eigenvalue weighted by atomic mass is 35.5. The third kappa shape index (κ3) is 4.07. The summed E-state index contributed by atoms with van der Waals surface area (Å²) < 4.78 is 34.7. The van der Waals surface area contributed by atoms with E-state index < -0.39 is 15.7 Å². The van der Waals surface area contributed by atoms with Gasteiger partial charge in [-0.3, -0.25) is 10.1 Å². The molecule has 0 atom stereocenters. The number of amides is 1. The van der Waals surface area contributed by atoms with Gasteiger partial charge in [0.25, 0.3) is 5.91 Å². The van der Waals surface area contributed by atoms with Crippen molar-refractivity contribution in [3.05, 3.63) is 77.5 Å². The second-order valence-electron chi connectivity index (χ2n) is 5.82. The maximum atomic E-state index is 12.6. The van der Waals surface area contributed by atoms with E-state index in [9.17, 15) is 13.2 Å². The van der Waals surface area contributed by atoms with Gasteiger partial charge in [-0.25, -0.2) is 8.42 Å². The molecule has 0 saturated heterocycles. The molecule has 10 heteroatoms. The molecule has 2 aromatic heterocycles. The zero-order valence-electron chi connectivity index (χ0n) is 14.6. The zero-order valence-corrected chi connectivity index (χ0v) is 17.0. The van der Waals surface area contributed by atoms with Crippen molar-refractivity contribution in [1.82, 2.24) is 9.36 Å². The van der Waals surface area contributed by atoms with Gasteiger partial charge in [-0.15, -0.1) is 0 Å². The van der Waals surface area contributed by atoms with E-state index in [2.05, 4.69) is 14.7 Å². The van der Waals surface area contributed by atoms with E-state index >= 15 is 0 Å². The molecule has 0 saturated carbocycles. The fourth-order valence-corrected chi connectivity index (χ4v) is 4.34. The maximum absolute atomic E-state index is 12.6. The fraction of sp³-hybridized carbons (Fsp3) is 0. The first-order valence-corrected chi connectivity index (χ1v) is 10.9. The number of nitrogens with one attached hydrogen (secondary N) is 1. The average Bonchev–Trinajstić information content (AvgIpc) is 3.39. The SMILES string of the molecule is O=C(Nc1nc(-c2ccccc2)ns1)c1ccc(S(=O)(=O)c2ccc(Cl)cc2)o1. The Kier molecular flexibility index (Phi) is 5.18. The van der Waals surface area contributed by atoms with Crippen LogP contribution in [0.2, 0.25) is 5.02 Å². The predicted octanol–water partition coefficient (Wildman–Crippen LogP) is 4.54. The molecule has 0 fully saturated rings. The minimum absolute atomic E-state index is 0.0137. The van der Waals surface area contributed by atoms with Crippen LogP contribution in [0.4, 0.5) is 5.13 Å². The molecule has 0 bridgehead atoms. The average molecular weight is 446 g/mol. The van der Waals surface area contributed by atoms with Crippen LogP contribution in [0.1, 0.15) is 10.6 Å². The molecule has 4 rings (SSSR count). The topological polar surface area (TPSA) is 102 Å². The van der Waals surface area contributed by atoms with Crippen molar-refractivity contribution in [2.75, 3.05) is 5.32 Å². The van der Waals surface area contributed by atoms with Gasteiger partial charge in [0, 0.05) is 22.1 Å². The van der Waals surface area contributed by atoms with Crippen molar-refractivity contribution in [3.63, 3.8) is 0 Å². The summed E-state index contributed by atoms with van der Waals surface area (Å²) in [6, 6.07) is 17.5. The Morgan fingerprint density at radius 2 is 1.72 bits per heavy atom. The number of nitrogens with zero attached hydrogens (tertiary/aromatic N) is 2. The summed E-state index contributed by atoms with van der Waals surface area (Å²) in [4.78, 5) is 16.7. The molecule has 0 aliphatic carbocycles. The van der Waals surface area contributed by atoms with Crippen molar-refractivity contribution in [2.24, 2.45) is 0 Å². The number of carbonyl (C=O) groups excluding carboxylic acids is 1. The number of furan rings is 1. The predicted molar refractivity (Wildman–Crippen MR) is 109 cm³/mol. The highest BCUT2D eigenvalue weighted by molar-refractivity contribution is 7.91. The van der Waals surface area contributed by atoms with Gasteiger partial charge in [-0.2, -0.15) is 9.36 Å². The van der Waals surface area contributed by atoms with E-state index in [0.29, 0.717) is 10.8 Å². The number of carbonyl (C=O) groups is 1. The molecule has 7 nitrogen and oxygen atoms in total. The minimum atomic E-state index is -3.90. The Morgan fingerprint density at radius 3 is 2.45 bits per heavy atom. The Bertz CT molecular complexity index is 1270. The van der Waals surface area contributed by atoms with E-state index in [1.165, 1.54) is 36.4 Å². The van der Waals surface area contributed by atoms with E-state index in [0.717, 1.165) is 17.1 Å². The Balaban J connectivity index is 1.52. The van der Waals surface area contributed by atoms with Crippen LogP contribution in [-0.4, -0.2) is 23.7 Å². The van der Waals surface area contributed by atoms with E-state index in [4.69, 9.17) is 16.0 Å². The molecule has 0 aliphatic heterocycles. The lowest BCUT2D eigenvalue weighted by atomic mass is 10.2. The summed E-state index contributed by atoms with van der Waals surface area (Å²) in [5.74, 6) is -0.302. The first-order chi connectivity index (χ1) is 13.9. The van der Waals surface area contributed by atoms with Crippen molar-refractivity contribution in [3.8, 4) is 11.4 Å². The number of anilines is 1. The zero-order chi connectivity index (χ0) is 20.4. The first-order valence-electron chi connectivity index (χ1n) is 8.24. The highest BCUT2D eigenvalue weighted by Gasteiger charge is 2.24. The summed E-state index contributed by atoms with van der Waals surface area (Å²) in [6.07, 6.45) is 0. The molecule has 0 spiro atoms. The Morgan fingerprint density at radius 1 is 1.00 bits per heavy atom. The normalized spacial score (nSPS) is 11.3. The van der Waals surface area contributed by atoms with Crippen molar-refractivity contribution in [2.45, 2.75) is 9.99 Å². The number of hydrogen-bond acceptors (Lipinski definition) is 7. The molecule has 146 valence electrons. The number of aromatic nitrogens is 2. The summed E-state index contributed by atoms with van der Waals surface area (Å²) in [5, 5.41) is 2.90. The van der Waals surface area contributed by atoms with Crippen LogP contribution in [0.25, 0.3) is 11.4 Å². The van der Waals surface area contributed by atoms with Crippen LogP contribution >= 0.6 is 23.1 Å². The quantitative estimate of drug-likeness (QED) is 0.484. The van der Waals surface area contributed by atoms with Gasteiger partial charge in [-0.1, -0.05) is 41.9 Å². The lowest BCUT2D eigenvalue weighted by molar-refractivity contribution is 0.0991. The molecule has 1 N–H and O–H groups in total. The lowest BCUT2D eigenvalue weighted by Gasteiger charge is -2.01. The van der Waals surface area contributed by atoms with Crippen molar-refractivity contribution < 1.29 is 17.6 Å². The maximum Gasteiger partial charge on any atom is 0.293 e. The molecule has 4 aromatic rings. The van der Waals surface area contributed by atoms with Gasteiger partial charge in [0.05, 0.1) is 4.90 Å². The second kappa shape index (κ2) is 7.78. The summed E-state index contributed by atoms with van der Waals surface area (Å²) in [6.45, 7) is 0. The largest absolute Gasteiger partial charge is 0.439 e. The molecule has 0 unspecified atom stereocenters. The van der Waals surface area contributed by atoms with Crippen LogP contribution in [0.3, 0.4) is 0 Å². The molecule has 0 radical (unpaired) electrons. The molecular formula is C19H12ClN3O4S2. The summed E-state index contributed by atoms with van der Waals surface area (Å²) in [7, 11) is -3.90. The smallest absolute Gasteiger partial charge is 0.293 e. The molecule has 2 aromatic carbocycles. The number of benzene rings is 2. The number of halogens is 1. The fourth-order valence-electron chi connectivity index (χ4n) is 2.45. The van der Waals surface area contributed by atoms with Gasteiger partial charge in [0.2, 0.25) is 20.1 Å². The van der Waals surface area contributed by atoms with Crippen molar-refractivity contribution in [1.29, 1.82) is 0 Å². The third-order valence-electron chi connectivity index (χ3n) is 3.87. The molecule has 0 aliphatic rings. The van der Waals surface area contributed by atoms with Crippen LogP contribution in [-0.2, 0) is 9.84 Å². The molecule has 2 heterocycles. The van der Waals surface area contributed by atoms with Crippen LogP contribution < -0.4 is 5.32 Å². The molecule has 29 heavy (non-hydrogen) atoms. The first kappa shape index (κ1) is 19.3. The lowest BCUT2D eigenvalue weighted by Crippen LogP contribution is -2.10. The molecule has 1 amide bonds. The Labute approximate surface area is 175 Å². The number of rotatable bonds is 5. The minimum Gasteiger partial charge on any atom is -0.439 e. The second-order valence-corrected chi connectivity index (χ2v) is 8.89. The van der Waals surface area contributed by atoms with Gasteiger partial charge in [-0.05, 0) is 36.4 Å². The van der Waals surface area contributed by atoms with E-state index in [-0.39, 0.29) is 20.9 Å². The van der Waals surface area contributed by atoms with E-state index in [1.54, 1.807) is 0 Å². The van der Waals surface area contributed by atoms with Crippen LogP contribution in [0.15, 0.2) is 81.1 Å². The van der Waals surface area contributed by atoms with E-state index in [1.807, 2.05) is 30.3 Å². The van der Waals surface area contributed by atoms with Gasteiger partial charge in [0.1, 0.15) is 0 Å². The number of sulfone groups is 1. The van der Waals surface area contributed by atoms with Crippen LogP contribution in [0, 0.1) is 0 Å². The number of hydrogen-bond donors (Lipinski definition) is 1. The van der Waals surface area contributed by atoms with Crippen LogP contribution in [0.5, 0.6) is 0 Å². The van der Waals surface area contributed by atoms with Gasteiger partial charge >= 0.3 is 0 Å². The third-order valence-corrected chi connectivity index (χ3v) is 6.40. The summed E-state index contributed by atoms with van der Waals surface area (Å²) >= 11 is 6.80. The Hall–Kier alpha value is -3.01. The van der Waals surface area contributed by atoms with Crippen molar-refractivity contribution >= 4 is 44.0 Å². The summed E-state index contributed by atoms with van der Waals surface area (Å²) in [5.41, 5.74) is 0.818. The van der Waals surface area contributed by atoms with Gasteiger partial charge < -0.3 is 4.42 Å². The van der Waals surface area contributed by atoms with Gasteiger partial charge in [0.15, 0.2) is 11.6 Å². The molecular weight excluding hydrogens is 434 g/mol.